The lowest BCUT2D eigenvalue weighted by atomic mass is 10.2. The summed E-state index contributed by atoms with van der Waals surface area (Å²) < 4.78 is 12.4. The molecule has 146 valence electrons. The maximum absolute atomic E-state index is 12.3. The molecule has 7 nitrogen and oxygen atoms in total. The lowest BCUT2D eigenvalue weighted by molar-refractivity contribution is -0.118. The molecule has 1 heterocycles. The standard InChI is InChI=1S/C20H22N4O3S/c1-14-6-4-5-7-16(14)24-13-22-23-20(24)28-12-19(25)21-11-15-8-9-17(26-2)18(10-15)27-3/h4-10,13H,11-12H2,1-3H3,(H,21,25). The molecular weight excluding hydrogens is 376 g/mol. The third-order valence-electron chi connectivity index (χ3n) is 4.16. The first kappa shape index (κ1) is 19.8. The number of thioether (sulfide) groups is 1. The molecule has 1 aromatic heterocycles. The Labute approximate surface area is 168 Å². The first-order valence-electron chi connectivity index (χ1n) is 8.68. The lowest BCUT2D eigenvalue weighted by Gasteiger charge is -2.11. The van der Waals surface area contributed by atoms with Gasteiger partial charge in [-0.2, -0.15) is 0 Å². The molecule has 0 atom stereocenters. The molecule has 1 amide bonds. The van der Waals surface area contributed by atoms with E-state index in [2.05, 4.69) is 15.5 Å². The average Bonchev–Trinajstić information content (AvgIpc) is 3.19. The predicted molar refractivity (Wildman–Crippen MR) is 108 cm³/mol. The van der Waals surface area contributed by atoms with Crippen LogP contribution >= 0.6 is 11.8 Å². The number of para-hydroxylation sites is 1. The van der Waals surface area contributed by atoms with E-state index in [9.17, 15) is 4.79 Å². The Balaban J connectivity index is 1.57. The van der Waals surface area contributed by atoms with Crippen molar-refractivity contribution in [3.05, 3.63) is 59.9 Å². The Bertz CT molecular complexity index is 958. The minimum atomic E-state index is -0.0841. The van der Waals surface area contributed by atoms with E-state index in [1.807, 2.05) is 54.0 Å². The maximum Gasteiger partial charge on any atom is 0.230 e. The number of carbonyl (C=O) groups excluding carboxylic acids is 1. The Morgan fingerprint density at radius 1 is 1.14 bits per heavy atom. The molecule has 0 bridgehead atoms. The first-order chi connectivity index (χ1) is 13.6. The van der Waals surface area contributed by atoms with Crippen molar-refractivity contribution in [1.82, 2.24) is 20.1 Å². The molecule has 0 aliphatic heterocycles. The second-order valence-electron chi connectivity index (χ2n) is 6.02. The number of methoxy groups -OCH3 is 2. The van der Waals surface area contributed by atoms with Crippen molar-refractivity contribution < 1.29 is 14.3 Å². The zero-order valence-electron chi connectivity index (χ0n) is 16.0. The zero-order valence-corrected chi connectivity index (χ0v) is 16.8. The number of aryl methyl sites for hydroxylation is 1. The van der Waals surface area contributed by atoms with E-state index >= 15 is 0 Å². The molecule has 0 saturated heterocycles. The van der Waals surface area contributed by atoms with Gasteiger partial charge in [-0.1, -0.05) is 36.0 Å². The van der Waals surface area contributed by atoms with Crippen molar-refractivity contribution in [2.45, 2.75) is 18.6 Å². The van der Waals surface area contributed by atoms with Gasteiger partial charge >= 0.3 is 0 Å². The molecule has 3 aromatic rings. The van der Waals surface area contributed by atoms with Gasteiger partial charge < -0.3 is 14.8 Å². The van der Waals surface area contributed by atoms with E-state index in [0.717, 1.165) is 16.8 Å². The number of hydrogen-bond acceptors (Lipinski definition) is 6. The quantitative estimate of drug-likeness (QED) is 0.588. The van der Waals surface area contributed by atoms with Gasteiger partial charge in [0.2, 0.25) is 5.91 Å². The Kier molecular flexibility index (Phi) is 6.54. The van der Waals surface area contributed by atoms with Crippen LogP contribution in [0.2, 0.25) is 0 Å². The molecule has 28 heavy (non-hydrogen) atoms. The molecule has 3 rings (SSSR count). The van der Waals surface area contributed by atoms with E-state index in [1.165, 1.54) is 11.8 Å². The Morgan fingerprint density at radius 3 is 2.68 bits per heavy atom. The molecule has 0 aliphatic carbocycles. The fraction of sp³-hybridized carbons (Fsp3) is 0.250. The summed E-state index contributed by atoms with van der Waals surface area (Å²) >= 11 is 1.35. The van der Waals surface area contributed by atoms with E-state index < -0.39 is 0 Å². The summed E-state index contributed by atoms with van der Waals surface area (Å²) in [6, 6.07) is 13.5. The molecule has 0 fully saturated rings. The van der Waals surface area contributed by atoms with Crippen molar-refractivity contribution >= 4 is 17.7 Å². The summed E-state index contributed by atoms with van der Waals surface area (Å²) in [5.41, 5.74) is 3.04. The molecule has 2 aromatic carbocycles. The molecule has 0 saturated carbocycles. The number of ether oxygens (including phenoxy) is 2. The number of rotatable bonds is 8. The first-order valence-corrected chi connectivity index (χ1v) is 9.67. The van der Waals surface area contributed by atoms with Crippen LogP contribution in [-0.2, 0) is 11.3 Å². The van der Waals surface area contributed by atoms with Crippen molar-refractivity contribution in [2.75, 3.05) is 20.0 Å². The summed E-state index contributed by atoms with van der Waals surface area (Å²) in [5.74, 6) is 1.45. The smallest absolute Gasteiger partial charge is 0.230 e. The van der Waals surface area contributed by atoms with Crippen LogP contribution in [-0.4, -0.2) is 40.6 Å². The second kappa shape index (κ2) is 9.27. The molecule has 0 aliphatic rings. The second-order valence-corrected chi connectivity index (χ2v) is 6.97. The Hall–Kier alpha value is -3.00. The van der Waals surface area contributed by atoms with Gasteiger partial charge in [0.1, 0.15) is 6.33 Å². The summed E-state index contributed by atoms with van der Waals surface area (Å²) in [5, 5.41) is 11.7. The monoisotopic (exact) mass is 398 g/mol. The number of amides is 1. The number of carbonyl (C=O) groups is 1. The summed E-state index contributed by atoms with van der Waals surface area (Å²) in [7, 11) is 3.17. The van der Waals surface area contributed by atoms with Gasteiger partial charge in [0.15, 0.2) is 16.7 Å². The minimum Gasteiger partial charge on any atom is -0.493 e. The largest absolute Gasteiger partial charge is 0.493 e. The molecule has 8 heteroatoms. The normalized spacial score (nSPS) is 10.5. The molecule has 1 N–H and O–H groups in total. The van der Waals surface area contributed by atoms with Crippen molar-refractivity contribution in [3.63, 3.8) is 0 Å². The van der Waals surface area contributed by atoms with Crippen LogP contribution in [0, 0.1) is 6.92 Å². The van der Waals surface area contributed by atoms with Crippen LogP contribution in [0.15, 0.2) is 53.9 Å². The molecule has 0 radical (unpaired) electrons. The summed E-state index contributed by atoms with van der Waals surface area (Å²) in [6.45, 7) is 2.43. The fourth-order valence-corrected chi connectivity index (χ4v) is 3.45. The molecule has 0 spiro atoms. The zero-order chi connectivity index (χ0) is 19.9. The highest BCUT2D eigenvalue weighted by Gasteiger charge is 2.12. The van der Waals surface area contributed by atoms with E-state index in [0.29, 0.717) is 23.2 Å². The van der Waals surface area contributed by atoms with Gasteiger partial charge in [-0.25, -0.2) is 0 Å². The lowest BCUT2D eigenvalue weighted by Crippen LogP contribution is -2.24. The van der Waals surface area contributed by atoms with Crippen LogP contribution in [0.5, 0.6) is 11.5 Å². The number of hydrogen-bond donors (Lipinski definition) is 1. The van der Waals surface area contributed by atoms with Crippen LogP contribution in [0.1, 0.15) is 11.1 Å². The van der Waals surface area contributed by atoms with Crippen LogP contribution in [0.4, 0.5) is 0 Å². The highest BCUT2D eigenvalue weighted by Crippen LogP contribution is 2.27. The highest BCUT2D eigenvalue weighted by atomic mass is 32.2. The number of benzene rings is 2. The van der Waals surface area contributed by atoms with Gasteiger partial charge in [0.05, 0.1) is 25.7 Å². The average molecular weight is 398 g/mol. The molecule has 0 unspecified atom stereocenters. The minimum absolute atomic E-state index is 0.0841. The van der Waals surface area contributed by atoms with Crippen LogP contribution < -0.4 is 14.8 Å². The fourth-order valence-electron chi connectivity index (χ4n) is 2.69. The SMILES string of the molecule is COc1ccc(CNC(=O)CSc2nncn2-c2ccccc2C)cc1OC. The summed E-state index contributed by atoms with van der Waals surface area (Å²) in [6.07, 6.45) is 1.66. The van der Waals surface area contributed by atoms with Gasteiger partial charge in [0, 0.05) is 6.54 Å². The van der Waals surface area contributed by atoms with E-state index in [1.54, 1.807) is 20.5 Å². The number of aromatic nitrogens is 3. The van der Waals surface area contributed by atoms with E-state index in [-0.39, 0.29) is 11.7 Å². The van der Waals surface area contributed by atoms with Crippen LogP contribution in [0.3, 0.4) is 0 Å². The van der Waals surface area contributed by atoms with Gasteiger partial charge in [-0.15, -0.1) is 10.2 Å². The van der Waals surface area contributed by atoms with Crippen LogP contribution in [0.25, 0.3) is 5.69 Å². The van der Waals surface area contributed by atoms with Crippen molar-refractivity contribution in [3.8, 4) is 17.2 Å². The van der Waals surface area contributed by atoms with Gasteiger partial charge in [-0.05, 0) is 36.2 Å². The predicted octanol–water partition coefficient (Wildman–Crippen LogP) is 3.00. The maximum atomic E-state index is 12.3. The topological polar surface area (TPSA) is 78.3 Å². The highest BCUT2D eigenvalue weighted by molar-refractivity contribution is 7.99. The number of nitrogens with zero attached hydrogens (tertiary/aromatic N) is 3. The molecular formula is C20H22N4O3S. The van der Waals surface area contributed by atoms with Crippen molar-refractivity contribution in [2.24, 2.45) is 0 Å². The van der Waals surface area contributed by atoms with Crippen molar-refractivity contribution in [1.29, 1.82) is 0 Å². The van der Waals surface area contributed by atoms with E-state index in [4.69, 9.17) is 9.47 Å². The van der Waals surface area contributed by atoms with Gasteiger partial charge in [-0.3, -0.25) is 9.36 Å². The third-order valence-corrected chi connectivity index (χ3v) is 5.10. The summed E-state index contributed by atoms with van der Waals surface area (Å²) in [4.78, 5) is 12.3. The third kappa shape index (κ3) is 4.64. The van der Waals surface area contributed by atoms with Gasteiger partial charge in [0.25, 0.3) is 0 Å². The number of nitrogens with one attached hydrogen (secondary N) is 1. The Morgan fingerprint density at radius 2 is 1.93 bits per heavy atom.